The molecule has 19 heavy (non-hydrogen) atoms. The molecule has 1 amide bonds. The Bertz CT molecular complexity index is 297. The summed E-state index contributed by atoms with van der Waals surface area (Å²) in [6, 6.07) is 0. The average Bonchev–Trinajstić information content (AvgIpc) is 2.35. The third kappa shape index (κ3) is 3.69. The summed E-state index contributed by atoms with van der Waals surface area (Å²) < 4.78 is 6.01. The van der Waals surface area contributed by atoms with Crippen LogP contribution in [0.5, 0.6) is 0 Å². The molecule has 2 aliphatic rings. The Kier molecular flexibility index (Phi) is 5.22. The van der Waals surface area contributed by atoms with E-state index in [9.17, 15) is 4.79 Å². The number of nitrogens with one attached hydrogen (secondary N) is 1. The van der Waals surface area contributed by atoms with E-state index in [0.29, 0.717) is 24.6 Å². The molecule has 1 saturated heterocycles. The molecule has 0 spiro atoms. The lowest BCUT2D eigenvalue weighted by molar-refractivity contribution is -0.127. The molecule has 2 rings (SSSR count). The number of ether oxygens (including phenoxy) is 1. The largest absolute Gasteiger partial charge is 0.378 e. The number of hydrogen-bond donors (Lipinski definition) is 1. The van der Waals surface area contributed by atoms with Crippen molar-refractivity contribution in [2.24, 2.45) is 5.41 Å². The van der Waals surface area contributed by atoms with Crippen molar-refractivity contribution in [3.05, 3.63) is 0 Å². The van der Waals surface area contributed by atoms with E-state index in [2.05, 4.69) is 17.3 Å². The minimum atomic E-state index is 0.129. The van der Waals surface area contributed by atoms with Gasteiger partial charge in [-0.3, -0.25) is 9.69 Å². The summed E-state index contributed by atoms with van der Waals surface area (Å²) in [6.07, 6.45) is 7.97. The van der Waals surface area contributed by atoms with Crippen LogP contribution in [0, 0.1) is 5.41 Å². The van der Waals surface area contributed by atoms with Crippen molar-refractivity contribution >= 4 is 5.91 Å². The van der Waals surface area contributed by atoms with Gasteiger partial charge in [-0.05, 0) is 46.1 Å². The Morgan fingerprint density at radius 3 is 2.68 bits per heavy atom. The first-order valence-electron chi connectivity index (χ1n) is 7.73. The Balaban J connectivity index is 1.85. The second kappa shape index (κ2) is 6.71. The fourth-order valence-corrected chi connectivity index (χ4v) is 3.53. The zero-order valence-electron chi connectivity index (χ0n) is 12.4. The van der Waals surface area contributed by atoms with E-state index in [1.54, 1.807) is 0 Å². The Morgan fingerprint density at radius 2 is 2.16 bits per heavy atom. The minimum Gasteiger partial charge on any atom is -0.378 e. The second-order valence-corrected chi connectivity index (χ2v) is 6.20. The summed E-state index contributed by atoms with van der Waals surface area (Å²) in [4.78, 5) is 13.8. The molecule has 1 aliphatic carbocycles. The second-order valence-electron chi connectivity index (χ2n) is 6.20. The minimum absolute atomic E-state index is 0.129. The molecule has 0 radical (unpaired) electrons. The Labute approximate surface area is 116 Å². The summed E-state index contributed by atoms with van der Waals surface area (Å²) >= 11 is 0. The van der Waals surface area contributed by atoms with Gasteiger partial charge in [-0.2, -0.15) is 0 Å². The zero-order chi connectivity index (χ0) is 13.7. The summed E-state index contributed by atoms with van der Waals surface area (Å²) in [5, 5.41) is 2.87. The number of likely N-dealkylation sites (N-methyl/N-ethyl adjacent to an activating group) is 2. The van der Waals surface area contributed by atoms with Gasteiger partial charge in [0, 0.05) is 25.1 Å². The van der Waals surface area contributed by atoms with E-state index in [-0.39, 0.29) is 5.91 Å². The standard InChI is InChI=1S/C15H28N2O2/c1-3-16-14(18)11-17(2)12-15(8-6-9-15)13-7-4-5-10-19-13/h13H,3-12H2,1-2H3,(H,16,18). The molecule has 0 aromatic carbocycles. The van der Waals surface area contributed by atoms with Crippen LogP contribution in [0.15, 0.2) is 0 Å². The molecule has 2 fully saturated rings. The summed E-state index contributed by atoms with van der Waals surface area (Å²) in [6.45, 7) is 5.09. The van der Waals surface area contributed by atoms with Gasteiger partial charge < -0.3 is 10.1 Å². The lowest BCUT2D eigenvalue weighted by Gasteiger charge is -2.50. The number of hydrogen-bond acceptors (Lipinski definition) is 3. The molecule has 0 bridgehead atoms. The van der Waals surface area contributed by atoms with E-state index in [4.69, 9.17) is 4.74 Å². The fraction of sp³-hybridized carbons (Fsp3) is 0.933. The van der Waals surface area contributed by atoms with Crippen LogP contribution >= 0.6 is 0 Å². The predicted molar refractivity (Wildman–Crippen MR) is 76.1 cm³/mol. The van der Waals surface area contributed by atoms with Gasteiger partial charge in [-0.25, -0.2) is 0 Å². The molecule has 1 unspecified atom stereocenters. The van der Waals surface area contributed by atoms with Crippen LogP contribution in [0.2, 0.25) is 0 Å². The molecule has 1 heterocycles. The van der Waals surface area contributed by atoms with Crippen molar-refractivity contribution < 1.29 is 9.53 Å². The van der Waals surface area contributed by atoms with E-state index in [0.717, 1.165) is 13.2 Å². The maximum atomic E-state index is 11.6. The van der Waals surface area contributed by atoms with Gasteiger partial charge in [0.05, 0.1) is 12.6 Å². The van der Waals surface area contributed by atoms with E-state index in [1.165, 1.54) is 38.5 Å². The molecule has 1 saturated carbocycles. The summed E-state index contributed by atoms with van der Waals surface area (Å²) in [7, 11) is 2.05. The van der Waals surface area contributed by atoms with Gasteiger partial charge in [0.2, 0.25) is 5.91 Å². The topological polar surface area (TPSA) is 41.6 Å². The van der Waals surface area contributed by atoms with Crippen molar-refractivity contribution in [2.75, 3.05) is 33.3 Å². The molecular formula is C15H28N2O2. The Hall–Kier alpha value is -0.610. The molecule has 0 aromatic heterocycles. The van der Waals surface area contributed by atoms with Crippen LogP contribution in [0.25, 0.3) is 0 Å². The number of carbonyl (C=O) groups is 1. The molecule has 4 nitrogen and oxygen atoms in total. The smallest absolute Gasteiger partial charge is 0.234 e. The lowest BCUT2D eigenvalue weighted by atomic mass is 9.63. The third-order valence-electron chi connectivity index (χ3n) is 4.58. The maximum absolute atomic E-state index is 11.6. The summed E-state index contributed by atoms with van der Waals surface area (Å²) in [5.41, 5.74) is 0.321. The highest BCUT2D eigenvalue weighted by Gasteiger charge is 2.45. The van der Waals surface area contributed by atoms with Gasteiger partial charge in [0.1, 0.15) is 0 Å². The molecule has 1 N–H and O–H groups in total. The quantitative estimate of drug-likeness (QED) is 0.798. The van der Waals surface area contributed by atoms with Crippen molar-refractivity contribution in [1.82, 2.24) is 10.2 Å². The molecule has 4 heteroatoms. The zero-order valence-corrected chi connectivity index (χ0v) is 12.4. The molecular weight excluding hydrogens is 240 g/mol. The molecule has 1 aliphatic heterocycles. The van der Waals surface area contributed by atoms with Gasteiger partial charge in [-0.15, -0.1) is 0 Å². The number of carbonyl (C=O) groups excluding carboxylic acids is 1. The van der Waals surface area contributed by atoms with Gasteiger partial charge in [0.15, 0.2) is 0 Å². The van der Waals surface area contributed by atoms with E-state index < -0.39 is 0 Å². The highest BCUT2D eigenvalue weighted by molar-refractivity contribution is 5.77. The highest BCUT2D eigenvalue weighted by Crippen LogP contribution is 2.48. The molecule has 0 aromatic rings. The fourth-order valence-electron chi connectivity index (χ4n) is 3.53. The lowest BCUT2D eigenvalue weighted by Crippen LogP contribution is -2.52. The van der Waals surface area contributed by atoms with Crippen LogP contribution in [-0.4, -0.2) is 50.2 Å². The number of amides is 1. The van der Waals surface area contributed by atoms with E-state index >= 15 is 0 Å². The molecule has 110 valence electrons. The highest BCUT2D eigenvalue weighted by atomic mass is 16.5. The van der Waals surface area contributed by atoms with Crippen LogP contribution in [0.3, 0.4) is 0 Å². The predicted octanol–water partition coefficient (Wildman–Crippen LogP) is 1.79. The van der Waals surface area contributed by atoms with Crippen LogP contribution in [0.1, 0.15) is 45.4 Å². The van der Waals surface area contributed by atoms with Crippen LogP contribution < -0.4 is 5.32 Å². The van der Waals surface area contributed by atoms with E-state index in [1.807, 2.05) is 6.92 Å². The first-order valence-corrected chi connectivity index (χ1v) is 7.73. The average molecular weight is 268 g/mol. The van der Waals surface area contributed by atoms with Crippen molar-refractivity contribution in [2.45, 2.75) is 51.6 Å². The monoisotopic (exact) mass is 268 g/mol. The van der Waals surface area contributed by atoms with Gasteiger partial charge in [-0.1, -0.05) is 6.42 Å². The van der Waals surface area contributed by atoms with Crippen molar-refractivity contribution in [3.8, 4) is 0 Å². The van der Waals surface area contributed by atoms with Gasteiger partial charge in [0.25, 0.3) is 0 Å². The van der Waals surface area contributed by atoms with Crippen molar-refractivity contribution in [3.63, 3.8) is 0 Å². The number of rotatable bonds is 6. The molecule has 1 atom stereocenters. The van der Waals surface area contributed by atoms with Crippen LogP contribution in [0.4, 0.5) is 0 Å². The normalized spacial score (nSPS) is 25.9. The Morgan fingerprint density at radius 1 is 1.37 bits per heavy atom. The third-order valence-corrected chi connectivity index (χ3v) is 4.58. The van der Waals surface area contributed by atoms with Crippen LogP contribution in [-0.2, 0) is 9.53 Å². The summed E-state index contributed by atoms with van der Waals surface area (Å²) in [5.74, 6) is 0.129. The van der Waals surface area contributed by atoms with Gasteiger partial charge >= 0.3 is 0 Å². The van der Waals surface area contributed by atoms with Crippen molar-refractivity contribution in [1.29, 1.82) is 0 Å². The first kappa shape index (κ1) is 14.8. The SMILES string of the molecule is CCNC(=O)CN(C)CC1(C2CCCCO2)CCC1. The first-order chi connectivity index (χ1) is 9.16. The maximum Gasteiger partial charge on any atom is 0.234 e. The number of nitrogens with zero attached hydrogens (tertiary/aromatic N) is 1.